The normalized spacial score (nSPS) is 31.8. The lowest BCUT2D eigenvalue weighted by Crippen LogP contribution is -2.14. The standard InChI is InChI=1S/C15H18BrFO/c16-14-8-12(17)3-4-13(14)15(18)7-11-6-9-1-2-10(11)5-9/h3-4,8-11,15,18H,1-2,5-7H2. The Balaban J connectivity index is 1.69. The molecule has 2 saturated carbocycles. The fraction of sp³-hybridized carbons (Fsp3) is 0.600. The summed E-state index contributed by atoms with van der Waals surface area (Å²) in [6.07, 6.45) is 5.72. The largest absolute Gasteiger partial charge is 0.388 e. The molecule has 0 saturated heterocycles. The molecular formula is C15H18BrFO. The number of aliphatic hydroxyl groups is 1. The third-order valence-electron chi connectivity index (χ3n) is 4.73. The molecule has 2 bridgehead atoms. The predicted molar refractivity (Wildman–Crippen MR) is 72.6 cm³/mol. The molecule has 1 N–H and O–H groups in total. The van der Waals surface area contributed by atoms with E-state index in [1.165, 1.54) is 37.8 Å². The van der Waals surface area contributed by atoms with Crippen LogP contribution in [0.25, 0.3) is 0 Å². The van der Waals surface area contributed by atoms with Gasteiger partial charge in [-0.15, -0.1) is 0 Å². The van der Waals surface area contributed by atoms with Gasteiger partial charge in [0.05, 0.1) is 6.10 Å². The second kappa shape index (κ2) is 4.93. The van der Waals surface area contributed by atoms with Crippen LogP contribution < -0.4 is 0 Å². The fourth-order valence-electron chi connectivity index (χ4n) is 3.85. The molecule has 4 atom stereocenters. The summed E-state index contributed by atoms with van der Waals surface area (Å²) in [4.78, 5) is 0. The Morgan fingerprint density at radius 3 is 2.78 bits per heavy atom. The highest BCUT2D eigenvalue weighted by Gasteiger charge is 2.40. The molecule has 3 rings (SSSR count). The van der Waals surface area contributed by atoms with Gasteiger partial charge in [-0.2, -0.15) is 0 Å². The van der Waals surface area contributed by atoms with Gasteiger partial charge >= 0.3 is 0 Å². The minimum atomic E-state index is -0.468. The number of fused-ring (bicyclic) bond motifs is 2. The number of halogens is 2. The van der Waals surface area contributed by atoms with E-state index in [1.54, 1.807) is 6.07 Å². The fourth-order valence-corrected chi connectivity index (χ4v) is 4.47. The molecule has 2 aliphatic carbocycles. The second-order valence-corrected chi connectivity index (χ2v) is 6.71. The molecule has 18 heavy (non-hydrogen) atoms. The van der Waals surface area contributed by atoms with Gasteiger partial charge in [0.15, 0.2) is 0 Å². The molecule has 0 spiro atoms. The third kappa shape index (κ3) is 2.35. The lowest BCUT2D eigenvalue weighted by atomic mass is 9.83. The highest BCUT2D eigenvalue weighted by Crippen LogP contribution is 2.51. The molecule has 2 aliphatic rings. The van der Waals surface area contributed by atoms with E-state index >= 15 is 0 Å². The first-order valence-corrected chi connectivity index (χ1v) is 7.56. The Morgan fingerprint density at radius 1 is 1.33 bits per heavy atom. The number of benzene rings is 1. The van der Waals surface area contributed by atoms with Crippen LogP contribution in [0, 0.1) is 23.6 Å². The summed E-state index contributed by atoms with van der Waals surface area (Å²) in [6.45, 7) is 0. The van der Waals surface area contributed by atoms with E-state index in [1.807, 2.05) is 0 Å². The van der Waals surface area contributed by atoms with Gasteiger partial charge in [0, 0.05) is 4.47 Å². The molecule has 4 unspecified atom stereocenters. The zero-order valence-electron chi connectivity index (χ0n) is 10.3. The lowest BCUT2D eigenvalue weighted by molar-refractivity contribution is 0.125. The summed E-state index contributed by atoms with van der Waals surface area (Å²) in [5.41, 5.74) is 0.819. The number of hydrogen-bond acceptors (Lipinski definition) is 1. The highest BCUT2D eigenvalue weighted by atomic mass is 79.9. The van der Waals surface area contributed by atoms with Gasteiger partial charge in [-0.05, 0) is 61.1 Å². The molecule has 98 valence electrons. The summed E-state index contributed by atoms with van der Waals surface area (Å²) < 4.78 is 13.7. The molecule has 3 heteroatoms. The molecular weight excluding hydrogens is 295 g/mol. The van der Waals surface area contributed by atoms with Crippen molar-refractivity contribution >= 4 is 15.9 Å². The molecule has 0 aromatic heterocycles. The zero-order chi connectivity index (χ0) is 12.7. The Kier molecular flexibility index (Phi) is 3.46. The molecule has 0 heterocycles. The summed E-state index contributed by atoms with van der Waals surface area (Å²) >= 11 is 3.34. The van der Waals surface area contributed by atoms with Crippen molar-refractivity contribution < 1.29 is 9.50 Å². The van der Waals surface area contributed by atoms with Crippen LogP contribution in [0.3, 0.4) is 0 Å². The van der Waals surface area contributed by atoms with Gasteiger partial charge in [-0.25, -0.2) is 4.39 Å². The van der Waals surface area contributed by atoms with Gasteiger partial charge in [0.2, 0.25) is 0 Å². The molecule has 1 aromatic carbocycles. The molecule has 1 nitrogen and oxygen atoms in total. The summed E-state index contributed by atoms with van der Waals surface area (Å²) in [7, 11) is 0. The van der Waals surface area contributed by atoms with E-state index in [4.69, 9.17) is 0 Å². The van der Waals surface area contributed by atoms with E-state index in [-0.39, 0.29) is 5.82 Å². The maximum Gasteiger partial charge on any atom is 0.124 e. The van der Waals surface area contributed by atoms with Crippen molar-refractivity contribution in [1.82, 2.24) is 0 Å². The third-order valence-corrected chi connectivity index (χ3v) is 5.42. The van der Waals surface area contributed by atoms with Crippen molar-refractivity contribution in [3.63, 3.8) is 0 Å². The van der Waals surface area contributed by atoms with Crippen molar-refractivity contribution in [3.8, 4) is 0 Å². The van der Waals surface area contributed by atoms with Gasteiger partial charge in [-0.3, -0.25) is 0 Å². The van der Waals surface area contributed by atoms with Crippen LogP contribution in [0.1, 0.15) is 43.8 Å². The summed E-state index contributed by atoms with van der Waals surface area (Å²) in [5.74, 6) is 2.13. The molecule has 0 aliphatic heterocycles. The topological polar surface area (TPSA) is 20.2 Å². The smallest absolute Gasteiger partial charge is 0.124 e. The number of hydrogen-bond donors (Lipinski definition) is 1. The monoisotopic (exact) mass is 312 g/mol. The minimum absolute atomic E-state index is 0.266. The second-order valence-electron chi connectivity index (χ2n) is 5.85. The highest BCUT2D eigenvalue weighted by molar-refractivity contribution is 9.10. The zero-order valence-corrected chi connectivity index (χ0v) is 11.9. The van der Waals surface area contributed by atoms with Crippen LogP contribution in [-0.2, 0) is 0 Å². The molecule has 0 radical (unpaired) electrons. The van der Waals surface area contributed by atoms with Gasteiger partial charge < -0.3 is 5.11 Å². The van der Waals surface area contributed by atoms with E-state index in [2.05, 4.69) is 15.9 Å². The van der Waals surface area contributed by atoms with Crippen molar-refractivity contribution in [2.24, 2.45) is 17.8 Å². The van der Waals surface area contributed by atoms with Crippen LogP contribution in [0.4, 0.5) is 4.39 Å². The van der Waals surface area contributed by atoms with Crippen LogP contribution in [0.15, 0.2) is 22.7 Å². The minimum Gasteiger partial charge on any atom is -0.388 e. The number of aliphatic hydroxyl groups excluding tert-OH is 1. The summed E-state index contributed by atoms with van der Waals surface area (Å²) in [6, 6.07) is 4.54. The van der Waals surface area contributed by atoms with Crippen LogP contribution in [-0.4, -0.2) is 5.11 Å². The average Bonchev–Trinajstić information content (AvgIpc) is 2.90. The van der Waals surface area contributed by atoms with Crippen LogP contribution in [0.5, 0.6) is 0 Å². The number of rotatable bonds is 3. The summed E-state index contributed by atoms with van der Waals surface area (Å²) in [5, 5.41) is 10.3. The molecule has 0 amide bonds. The van der Waals surface area contributed by atoms with Gasteiger partial charge in [0.1, 0.15) is 5.82 Å². The Bertz CT molecular complexity index is 448. The lowest BCUT2D eigenvalue weighted by Gasteiger charge is -2.24. The van der Waals surface area contributed by atoms with E-state index in [9.17, 15) is 9.50 Å². The van der Waals surface area contributed by atoms with E-state index < -0.39 is 6.10 Å². The van der Waals surface area contributed by atoms with Crippen LogP contribution >= 0.6 is 15.9 Å². The van der Waals surface area contributed by atoms with E-state index in [0.717, 1.165) is 23.8 Å². The quantitative estimate of drug-likeness (QED) is 0.874. The first-order valence-electron chi connectivity index (χ1n) is 6.76. The Hall–Kier alpha value is -0.410. The van der Waals surface area contributed by atoms with Crippen molar-refractivity contribution in [3.05, 3.63) is 34.1 Å². The Morgan fingerprint density at radius 2 is 2.17 bits per heavy atom. The van der Waals surface area contributed by atoms with Gasteiger partial charge in [0.25, 0.3) is 0 Å². The maximum absolute atomic E-state index is 13.0. The van der Waals surface area contributed by atoms with Crippen molar-refractivity contribution in [1.29, 1.82) is 0 Å². The van der Waals surface area contributed by atoms with Crippen molar-refractivity contribution in [2.75, 3.05) is 0 Å². The molecule has 1 aromatic rings. The first kappa shape index (κ1) is 12.6. The van der Waals surface area contributed by atoms with E-state index in [0.29, 0.717) is 10.4 Å². The van der Waals surface area contributed by atoms with Crippen LogP contribution in [0.2, 0.25) is 0 Å². The predicted octanol–water partition coefficient (Wildman–Crippen LogP) is 4.45. The Labute approximate surface area is 116 Å². The molecule has 2 fully saturated rings. The van der Waals surface area contributed by atoms with Crippen molar-refractivity contribution in [2.45, 2.75) is 38.2 Å². The average molecular weight is 313 g/mol. The maximum atomic E-state index is 13.0. The SMILES string of the molecule is OC(CC1CC2CCC1C2)c1ccc(F)cc1Br. The van der Waals surface area contributed by atoms with Gasteiger partial charge in [-0.1, -0.05) is 28.4 Å². The first-order chi connectivity index (χ1) is 8.63.